The first kappa shape index (κ1) is 45.3. The van der Waals surface area contributed by atoms with Gasteiger partial charge in [-0.3, -0.25) is 4.79 Å². The Morgan fingerprint density at radius 2 is 0.978 bits per heavy atom. The lowest BCUT2D eigenvalue weighted by Gasteiger charge is -2.21. The smallest absolute Gasteiger partial charge is 0.306 e. The molecule has 0 saturated heterocycles. The Morgan fingerprint density at radius 3 is 1.50 bits per heavy atom. The number of carbonyl (C=O) groups excluding carboxylic acids is 1. The fourth-order valence-corrected chi connectivity index (χ4v) is 6.47. The van der Waals surface area contributed by atoms with Crippen molar-refractivity contribution in [2.45, 2.75) is 226 Å². The Labute approximate surface area is 288 Å². The molecule has 0 aromatic carbocycles. The van der Waals surface area contributed by atoms with Gasteiger partial charge in [0.25, 0.3) is 0 Å². The number of ether oxygens (including phenoxy) is 2. The normalized spacial score (nSPS) is 12.4. The van der Waals surface area contributed by atoms with Gasteiger partial charge in [0.2, 0.25) is 0 Å². The molecule has 0 aromatic rings. The van der Waals surface area contributed by atoms with E-state index in [4.69, 9.17) is 9.47 Å². The van der Waals surface area contributed by atoms with E-state index in [9.17, 15) is 9.90 Å². The van der Waals surface area contributed by atoms with Crippen molar-refractivity contribution in [3.8, 4) is 0 Å². The van der Waals surface area contributed by atoms with Crippen LogP contribution in [0.4, 0.5) is 0 Å². The molecule has 46 heavy (non-hydrogen) atoms. The van der Waals surface area contributed by atoms with Gasteiger partial charge in [-0.05, 0) is 71.4 Å². The molecule has 0 spiro atoms. The monoisotopic (exact) mass is 654 g/mol. The van der Waals surface area contributed by atoms with E-state index < -0.39 is 0 Å². The highest BCUT2D eigenvalue weighted by Crippen LogP contribution is 2.18. The average Bonchev–Trinajstić information content (AvgIpc) is 3.04. The summed E-state index contributed by atoms with van der Waals surface area (Å²) < 4.78 is 12.1. The molecule has 0 rings (SSSR count). The van der Waals surface area contributed by atoms with Crippen LogP contribution in [0.2, 0.25) is 0 Å². The first-order valence-corrected chi connectivity index (χ1v) is 20.7. The predicted octanol–water partition coefficient (Wildman–Crippen LogP) is 12.0. The first-order valence-electron chi connectivity index (χ1n) is 20.7. The van der Waals surface area contributed by atoms with Gasteiger partial charge in [0, 0.05) is 19.6 Å². The molecule has 0 aliphatic rings. The molecular weight excluding hydrogens is 570 g/mol. The van der Waals surface area contributed by atoms with E-state index in [1.165, 1.54) is 141 Å². The molecule has 276 valence electrons. The summed E-state index contributed by atoms with van der Waals surface area (Å²) >= 11 is 0. The number of unbranched alkanes of at least 4 members (excludes halogenated alkanes) is 20. The van der Waals surface area contributed by atoms with E-state index in [2.05, 4.69) is 25.7 Å². The minimum atomic E-state index is -0.0363. The van der Waals surface area contributed by atoms with E-state index in [0.29, 0.717) is 12.5 Å². The summed E-state index contributed by atoms with van der Waals surface area (Å²) in [5.41, 5.74) is 0. The SMILES string of the molecule is CCCCCCCCC(C)OC(=O)CCCCCN(CCO)CCCCCCOC(CCCCCCCC)CCCCCCCC. The van der Waals surface area contributed by atoms with Gasteiger partial charge in [-0.15, -0.1) is 0 Å². The Kier molecular flexibility index (Phi) is 36.6. The topological polar surface area (TPSA) is 59.0 Å². The summed E-state index contributed by atoms with van der Waals surface area (Å²) in [6, 6.07) is 0. The summed E-state index contributed by atoms with van der Waals surface area (Å²) in [7, 11) is 0. The van der Waals surface area contributed by atoms with Crippen LogP contribution in [-0.4, -0.2) is 61.0 Å². The number of hydrogen-bond donors (Lipinski definition) is 1. The lowest BCUT2D eigenvalue weighted by Crippen LogP contribution is -2.29. The van der Waals surface area contributed by atoms with Crippen molar-refractivity contribution in [3.05, 3.63) is 0 Å². The van der Waals surface area contributed by atoms with Crippen LogP contribution < -0.4 is 0 Å². The third kappa shape index (κ3) is 33.3. The zero-order valence-corrected chi connectivity index (χ0v) is 31.8. The van der Waals surface area contributed by atoms with Gasteiger partial charge in [0.1, 0.15) is 0 Å². The van der Waals surface area contributed by atoms with Crippen LogP contribution in [0.15, 0.2) is 0 Å². The van der Waals surface area contributed by atoms with E-state index >= 15 is 0 Å². The number of hydrogen-bond acceptors (Lipinski definition) is 5. The fraction of sp³-hybridized carbons (Fsp3) is 0.976. The van der Waals surface area contributed by atoms with E-state index in [-0.39, 0.29) is 18.7 Å². The summed E-state index contributed by atoms with van der Waals surface area (Å²) in [4.78, 5) is 14.6. The van der Waals surface area contributed by atoms with Gasteiger partial charge >= 0.3 is 5.97 Å². The molecule has 0 radical (unpaired) electrons. The van der Waals surface area contributed by atoms with Gasteiger partial charge in [0.05, 0.1) is 18.8 Å². The van der Waals surface area contributed by atoms with Gasteiger partial charge in [0.15, 0.2) is 0 Å². The molecule has 1 atom stereocenters. The Bertz CT molecular complexity index is 585. The molecule has 0 aliphatic carbocycles. The predicted molar refractivity (Wildman–Crippen MR) is 200 cm³/mol. The maximum absolute atomic E-state index is 12.2. The molecule has 0 fully saturated rings. The van der Waals surface area contributed by atoms with Gasteiger partial charge in [-0.2, -0.15) is 0 Å². The van der Waals surface area contributed by atoms with Crippen molar-refractivity contribution < 1.29 is 19.4 Å². The van der Waals surface area contributed by atoms with Crippen LogP contribution in [0.25, 0.3) is 0 Å². The van der Waals surface area contributed by atoms with Crippen molar-refractivity contribution >= 4 is 5.97 Å². The molecule has 0 aromatic heterocycles. The zero-order valence-electron chi connectivity index (χ0n) is 31.8. The van der Waals surface area contributed by atoms with E-state index in [1.54, 1.807) is 0 Å². The molecule has 1 unspecified atom stereocenters. The van der Waals surface area contributed by atoms with Gasteiger partial charge in [-0.1, -0.05) is 149 Å². The maximum Gasteiger partial charge on any atom is 0.306 e. The second-order valence-corrected chi connectivity index (χ2v) is 14.3. The van der Waals surface area contributed by atoms with Crippen molar-refractivity contribution in [2.75, 3.05) is 32.8 Å². The van der Waals surface area contributed by atoms with E-state index in [1.807, 2.05) is 6.92 Å². The molecule has 0 saturated carbocycles. The molecule has 1 N–H and O–H groups in total. The van der Waals surface area contributed by atoms with Crippen molar-refractivity contribution in [1.29, 1.82) is 0 Å². The summed E-state index contributed by atoms with van der Waals surface area (Å²) in [5.74, 6) is -0.0363. The number of aliphatic hydroxyl groups excluding tert-OH is 1. The highest BCUT2D eigenvalue weighted by molar-refractivity contribution is 5.69. The van der Waals surface area contributed by atoms with Crippen LogP contribution in [0.3, 0.4) is 0 Å². The van der Waals surface area contributed by atoms with Crippen LogP contribution in [-0.2, 0) is 14.3 Å². The average molecular weight is 654 g/mol. The minimum Gasteiger partial charge on any atom is -0.463 e. The number of carbonyl (C=O) groups is 1. The minimum absolute atomic E-state index is 0.0363. The van der Waals surface area contributed by atoms with Gasteiger partial charge < -0.3 is 19.5 Å². The summed E-state index contributed by atoms with van der Waals surface area (Å²) in [5, 5.41) is 9.55. The Balaban J connectivity index is 4.00. The Hall–Kier alpha value is -0.650. The van der Waals surface area contributed by atoms with Gasteiger partial charge in [-0.25, -0.2) is 0 Å². The highest BCUT2D eigenvalue weighted by Gasteiger charge is 2.11. The third-order valence-electron chi connectivity index (χ3n) is 9.55. The molecule has 0 heterocycles. The first-order chi connectivity index (χ1) is 22.6. The van der Waals surface area contributed by atoms with Crippen LogP contribution in [0.5, 0.6) is 0 Å². The zero-order chi connectivity index (χ0) is 33.8. The number of esters is 1. The molecule has 0 amide bonds. The molecule has 0 aliphatic heterocycles. The summed E-state index contributed by atoms with van der Waals surface area (Å²) in [6.07, 6.45) is 36.3. The summed E-state index contributed by atoms with van der Waals surface area (Å²) in [6.45, 7) is 12.8. The second-order valence-electron chi connectivity index (χ2n) is 14.3. The molecular formula is C41H83NO4. The van der Waals surface area contributed by atoms with Crippen molar-refractivity contribution in [1.82, 2.24) is 4.90 Å². The second kappa shape index (κ2) is 37.2. The quantitative estimate of drug-likeness (QED) is 0.0531. The third-order valence-corrected chi connectivity index (χ3v) is 9.55. The lowest BCUT2D eigenvalue weighted by atomic mass is 10.0. The molecule has 5 heteroatoms. The van der Waals surface area contributed by atoms with E-state index in [0.717, 1.165) is 64.8 Å². The largest absolute Gasteiger partial charge is 0.463 e. The Morgan fingerprint density at radius 1 is 0.543 bits per heavy atom. The maximum atomic E-state index is 12.2. The van der Waals surface area contributed by atoms with Crippen LogP contribution in [0.1, 0.15) is 214 Å². The lowest BCUT2D eigenvalue weighted by molar-refractivity contribution is -0.148. The highest BCUT2D eigenvalue weighted by atomic mass is 16.5. The van der Waals surface area contributed by atoms with Crippen molar-refractivity contribution in [2.24, 2.45) is 0 Å². The molecule has 5 nitrogen and oxygen atoms in total. The standard InChI is InChI=1S/C41H83NO4/c1-5-8-11-14-17-23-30-39(4)46-41(44)33-26-22-28-35-42(36-37-43)34-27-20-21-29-38-45-40(31-24-18-15-12-9-6-2)32-25-19-16-13-10-7-3/h39-40,43H,5-38H2,1-4H3. The molecule has 0 bridgehead atoms. The van der Waals surface area contributed by atoms with Crippen molar-refractivity contribution in [3.63, 3.8) is 0 Å². The van der Waals surface area contributed by atoms with Crippen LogP contribution in [0, 0.1) is 0 Å². The number of aliphatic hydroxyl groups is 1. The fourth-order valence-electron chi connectivity index (χ4n) is 6.47. The number of nitrogens with zero attached hydrogens (tertiary/aromatic N) is 1. The number of rotatable bonds is 38. The van der Waals surface area contributed by atoms with Crippen LogP contribution >= 0.6 is 0 Å².